The number of aldehydes is 1. The molecule has 86 valence electrons. The Morgan fingerprint density at radius 3 is 2.81 bits per heavy atom. The average molecular weight is 216 g/mol. The lowest BCUT2D eigenvalue weighted by Gasteiger charge is -2.25. The summed E-state index contributed by atoms with van der Waals surface area (Å²) < 4.78 is 0. The number of hydrogen-bond acceptors (Lipinski definition) is 1. The van der Waals surface area contributed by atoms with E-state index >= 15 is 0 Å². The second-order valence-corrected chi connectivity index (χ2v) is 5.40. The largest absolute Gasteiger partial charge is 0.298 e. The Kier molecular flexibility index (Phi) is 2.88. The molecule has 0 aromatic rings. The van der Waals surface area contributed by atoms with Crippen LogP contribution in [0, 0.1) is 5.41 Å². The van der Waals surface area contributed by atoms with Gasteiger partial charge in [0.05, 0.1) is 0 Å². The highest BCUT2D eigenvalue weighted by Gasteiger charge is 2.36. The molecule has 0 radical (unpaired) electrons. The van der Waals surface area contributed by atoms with Crippen LogP contribution in [0.5, 0.6) is 0 Å². The molecule has 16 heavy (non-hydrogen) atoms. The summed E-state index contributed by atoms with van der Waals surface area (Å²) >= 11 is 0. The molecule has 0 aromatic carbocycles. The first-order chi connectivity index (χ1) is 7.57. The van der Waals surface area contributed by atoms with Crippen LogP contribution in [0.1, 0.15) is 46.0 Å². The van der Waals surface area contributed by atoms with E-state index < -0.39 is 0 Å². The molecule has 1 nitrogen and oxygen atoms in total. The maximum Gasteiger partial charge on any atom is 0.145 e. The second-order valence-electron chi connectivity index (χ2n) is 5.40. The topological polar surface area (TPSA) is 17.1 Å². The van der Waals surface area contributed by atoms with Gasteiger partial charge in [0, 0.05) is 0 Å². The molecule has 0 saturated heterocycles. The maximum atomic E-state index is 10.9. The number of allylic oxidation sites excluding steroid dienone is 5. The van der Waals surface area contributed by atoms with E-state index in [2.05, 4.69) is 26.5 Å². The van der Waals surface area contributed by atoms with E-state index in [1.54, 1.807) is 5.57 Å². The van der Waals surface area contributed by atoms with E-state index in [0.717, 1.165) is 31.1 Å². The smallest absolute Gasteiger partial charge is 0.145 e. The van der Waals surface area contributed by atoms with Gasteiger partial charge in [-0.3, -0.25) is 4.79 Å². The van der Waals surface area contributed by atoms with Gasteiger partial charge in [0.1, 0.15) is 6.29 Å². The van der Waals surface area contributed by atoms with Gasteiger partial charge < -0.3 is 0 Å². The molecule has 0 amide bonds. The number of hydrogen-bond donors (Lipinski definition) is 0. The van der Waals surface area contributed by atoms with Gasteiger partial charge in [0.15, 0.2) is 0 Å². The Morgan fingerprint density at radius 2 is 2.19 bits per heavy atom. The van der Waals surface area contributed by atoms with E-state index in [1.807, 2.05) is 0 Å². The Morgan fingerprint density at radius 1 is 1.44 bits per heavy atom. The van der Waals surface area contributed by atoms with Crippen LogP contribution >= 0.6 is 0 Å². The molecule has 0 heterocycles. The van der Waals surface area contributed by atoms with Gasteiger partial charge in [-0.2, -0.15) is 0 Å². The summed E-state index contributed by atoms with van der Waals surface area (Å²) in [4.78, 5) is 10.9. The molecule has 0 unspecified atom stereocenters. The van der Waals surface area contributed by atoms with E-state index in [-0.39, 0.29) is 0 Å². The third-order valence-corrected chi connectivity index (χ3v) is 4.16. The zero-order valence-corrected chi connectivity index (χ0v) is 10.3. The van der Waals surface area contributed by atoms with E-state index in [4.69, 9.17) is 0 Å². The van der Waals surface area contributed by atoms with Crippen molar-refractivity contribution in [3.8, 4) is 0 Å². The van der Waals surface area contributed by atoms with Crippen molar-refractivity contribution >= 4 is 6.29 Å². The zero-order chi connectivity index (χ0) is 11.8. The normalized spacial score (nSPS) is 29.5. The molecule has 0 N–H and O–H groups in total. The van der Waals surface area contributed by atoms with Crippen molar-refractivity contribution in [3.63, 3.8) is 0 Å². The molecule has 0 bridgehead atoms. The number of carbonyl (C=O) groups is 1. The molecule has 0 fully saturated rings. The predicted octanol–water partition coefficient (Wildman–Crippen LogP) is 3.97. The number of fused-ring (bicyclic) bond motifs is 1. The summed E-state index contributed by atoms with van der Waals surface area (Å²) in [5, 5.41) is 0. The summed E-state index contributed by atoms with van der Waals surface area (Å²) in [7, 11) is 0. The van der Waals surface area contributed by atoms with Gasteiger partial charge in [-0.1, -0.05) is 30.7 Å². The summed E-state index contributed by atoms with van der Waals surface area (Å²) in [6.07, 6.45) is 8.52. The zero-order valence-electron chi connectivity index (χ0n) is 10.3. The lowest BCUT2D eigenvalue weighted by molar-refractivity contribution is -0.105. The summed E-state index contributed by atoms with van der Waals surface area (Å²) in [5.74, 6) is 0. The first-order valence-corrected chi connectivity index (χ1v) is 6.09. The van der Waals surface area contributed by atoms with Crippen LogP contribution in [-0.2, 0) is 4.79 Å². The predicted molar refractivity (Wildman–Crippen MR) is 67.2 cm³/mol. The standard InChI is InChI=1S/C15H20O/c1-11(2)13-7-9-15(3)8-6-12(10-16)4-5-14(13)15/h6,10H,1,4-5,7-9H2,2-3H3/t15-/m0/s1. The van der Waals surface area contributed by atoms with Crippen LogP contribution in [0.15, 0.2) is 34.9 Å². The molecule has 2 rings (SSSR count). The molecule has 0 aromatic heterocycles. The van der Waals surface area contributed by atoms with Crippen molar-refractivity contribution < 1.29 is 4.79 Å². The minimum absolute atomic E-state index is 0.291. The fraction of sp³-hybridized carbons (Fsp3) is 0.533. The molecular formula is C15H20O. The van der Waals surface area contributed by atoms with Gasteiger partial charge >= 0.3 is 0 Å². The molecule has 0 aliphatic heterocycles. The highest BCUT2D eigenvalue weighted by Crippen LogP contribution is 2.50. The average Bonchev–Trinajstić information content (AvgIpc) is 2.48. The highest BCUT2D eigenvalue weighted by atomic mass is 16.1. The van der Waals surface area contributed by atoms with Gasteiger partial charge in [-0.15, -0.1) is 0 Å². The minimum atomic E-state index is 0.291. The van der Waals surface area contributed by atoms with Crippen LogP contribution in [0.3, 0.4) is 0 Å². The first-order valence-electron chi connectivity index (χ1n) is 6.09. The Labute approximate surface area is 97.9 Å². The van der Waals surface area contributed by atoms with Gasteiger partial charge in [0.25, 0.3) is 0 Å². The second kappa shape index (κ2) is 4.04. The third-order valence-electron chi connectivity index (χ3n) is 4.16. The summed E-state index contributed by atoms with van der Waals surface area (Å²) in [6.45, 7) is 8.52. The monoisotopic (exact) mass is 216 g/mol. The van der Waals surface area contributed by atoms with Crippen LogP contribution in [0.4, 0.5) is 0 Å². The third kappa shape index (κ3) is 1.79. The number of rotatable bonds is 2. The Balaban J connectivity index is 2.36. The molecule has 2 aliphatic rings. The van der Waals surface area contributed by atoms with Crippen molar-refractivity contribution in [2.75, 3.05) is 0 Å². The number of carbonyl (C=O) groups excluding carboxylic acids is 1. The maximum absolute atomic E-state index is 10.9. The van der Waals surface area contributed by atoms with Gasteiger partial charge in [-0.05, 0) is 55.6 Å². The van der Waals surface area contributed by atoms with E-state index in [0.29, 0.717) is 5.41 Å². The molecule has 2 aliphatic carbocycles. The molecule has 1 heteroatoms. The molecule has 1 atom stereocenters. The molecule has 0 saturated carbocycles. The van der Waals surface area contributed by atoms with Gasteiger partial charge in [-0.25, -0.2) is 0 Å². The van der Waals surface area contributed by atoms with Gasteiger partial charge in [0.2, 0.25) is 0 Å². The summed E-state index contributed by atoms with van der Waals surface area (Å²) in [5.41, 5.74) is 5.52. The molecule has 0 spiro atoms. The highest BCUT2D eigenvalue weighted by molar-refractivity contribution is 5.73. The van der Waals surface area contributed by atoms with Crippen LogP contribution in [0.25, 0.3) is 0 Å². The van der Waals surface area contributed by atoms with Crippen molar-refractivity contribution in [1.82, 2.24) is 0 Å². The SMILES string of the molecule is C=C(C)C1=C2CCC(C=O)=CC[C@@]2(C)CC1. The fourth-order valence-electron chi connectivity index (χ4n) is 3.05. The van der Waals surface area contributed by atoms with Crippen molar-refractivity contribution in [2.24, 2.45) is 5.41 Å². The Hall–Kier alpha value is -1.11. The lowest BCUT2D eigenvalue weighted by Crippen LogP contribution is -2.13. The first kappa shape index (κ1) is 11.4. The fourth-order valence-corrected chi connectivity index (χ4v) is 3.05. The quantitative estimate of drug-likeness (QED) is 0.638. The minimum Gasteiger partial charge on any atom is -0.298 e. The van der Waals surface area contributed by atoms with E-state index in [9.17, 15) is 4.79 Å². The van der Waals surface area contributed by atoms with Crippen LogP contribution < -0.4 is 0 Å². The molecular weight excluding hydrogens is 196 g/mol. The lowest BCUT2D eigenvalue weighted by atomic mass is 9.79. The summed E-state index contributed by atoms with van der Waals surface area (Å²) in [6, 6.07) is 0. The van der Waals surface area contributed by atoms with E-state index in [1.165, 1.54) is 24.0 Å². The Bertz CT molecular complexity index is 398. The van der Waals surface area contributed by atoms with Crippen molar-refractivity contribution in [1.29, 1.82) is 0 Å². The van der Waals surface area contributed by atoms with Crippen molar-refractivity contribution in [3.05, 3.63) is 34.9 Å². The van der Waals surface area contributed by atoms with Crippen LogP contribution in [-0.4, -0.2) is 6.29 Å². The van der Waals surface area contributed by atoms with Crippen molar-refractivity contribution in [2.45, 2.75) is 46.0 Å². The van der Waals surface area contributed by atoms with Crippen LogP contribution in [0.2, 0.25) is 0 Å².